The van der Waals surface area contributed by atoms with Gasteiger partial charge in [0.05, 0.1) is 26.9 Å². The van der Waals surface area contributed by atoms with Gasteiger partial charge >= 0.3 is 0 Å². The number of carbonyl (C=O) groups is 1. The van der Waals surface area contributed by atoms with E-state index in [1.54, 1.807) is 13.3 Å². The van der Waals surface area contributed by atoms with Crippen LogP contribution in [0.25, 0.3) is 0 Å². The van der Waals surface area contributed by atoms with E-state index in [0.717, 1.165) is 75.5 Å². The number of hydrogen-bond acceptors (Lipinski definition) is 5. The van der Waals surface area contributed by atoms with Gasteiger partial charge in [0.25, 0.3) is 5.91 Å². The summed E-state index contributed by atoms with van der Waals surface area (Å²) in [6.45, 7) is 6.08. The van der Waals surface area contributed by atoms with E-state index in [2.05, 4.69) is 14.9 Å². The Morgan fingerprint density at radius 2 is 2.10 bits per heavy atom. The second-order valence-electron chi connectivity index (χ2n) is 8.12. The Kier molecular flexibility index (Phi) is 7.02. The van der Waals surface area contributed by atoms with Crippen molar-refractivity contribution in [3.63, 3.8) is 0 Å². The van der Waals surface area contributed by atoms with Crippen LogP contribution in [0.1, 0.15) is 41.6 Å². The summed E-state index contributed by atoms with van der Waals surface area (Å²) in [6, 6.07) is 7.97. The monoisotopic (exact) mass is 412 g/mol. The lowest BCUT2D eigenvalue weighted by Gasteiger charge is -2.37. The molecule has 2 aliphatic rings. The van der Waals surface area contributed by atoms with E-state index in [0.29, 0.717) is 12.6 Å². The Hall–Kier alpha value is -2.38. The van der Waals surface area contributed by atoms with Gasteiger partial charge in [-0.1, -0.05) is 0 Å². The van der Waals surface area contributed by atoms with Crippen LogP contribution >= 0.6 is 0 Å². The molecule has 3 heterocycles. The number of aromatic nitrogens is 2. The number of amides is 1. The molecule has 2 fully saturated rings. The number of piperidine rings is 1. The third-order valence-corrected chi connectivity index (χ3v) is 6.19. The molecule has 0 saturated carbocycles. The summed E-state index contributed by atoms with van der Waals surface area (Å²) in [5, 5.41) is 4.28. The molecule has 7 nitrogen and oxygen atoms in total. The van der Waals surface area contributed by atoms with Crippen molar-refractivity contribution in [2.45, 2.75) is 38.3 Å². The molecule has 1 aromatic heterocycles. The molecule has 2 saturated heterocycles. The highest BCUT2D eigenvalue weighted by atomic mass is 16.5. The highest BCUT2D eigenvalue weighted by molar-refractivity contribution is 5.95. The zero-order valence-corrected chi connectivity index (χ0v) is 17.8. The van der Waals surface area contributed by atoms with Crippen molar-refractivity contribution in [1.29, 1.82) is 0 Å². The Morgan fingerprint density at radius 3 is 2.87 bits per heavy atom. The van der Waals surface area contributed by atoms with Crippen LogP contribution in [-0.4, -0.2) is 78.0 Å². The summed E-state index contributed by atoms with van der Waals surface area (Å²) >= 11 is 0. The van der Waals surface area contributed by atoms with Crippen LogP contribution in [0.15, 0.2) is 36.7 Å². The minimum atomic E-state index is 0.131. The smallest absolute Gasteiger partial charge is 0.254 e. The molecule has 0 N–H and O–H groups in total. The summed E-state index contributed by atoms with van der Waals surface area (Å²) in [5.41, 5.74) is 1.70. The first kappa shape index (κ1) is 20.9. The maximum atomic E-state index is 13.4. The number of nitrogens with zero attached hydrogens (tertiary/aromatic N) is 4. The molecule has 2 aliphatic heterocycles. The van der Waals surface area contributed by atoms with Gasteiger partial charge in [-0.2, -0.15) is 5.10 Å². The van der Waals surface area contributed by atoms with Crippen LogP contribution in [0.5, 0.6) is 5.75 Å². The number of carbonyl (C=O) groups excluding carboxylic acids is 1. The zero-order chi connectivity index (χ0) is 20.8. The molecular formula is C23H32N4O3. The quantitative estimate of drug-likeness (QED) is 0.700. The molecule has 7 heteroatoms. The highest BCUT2D eigenvalue weighted by Crippen LogP contribution is 2.26. The highest BCUT2D eigenvalue weighted by Gasteiger charge is 2.28. The van der Waals surface area contributed by atoms with Gasteiger partial charge in [0.2, 0.25) is 0 Å². The second kappa shape index (κ2) is 10.1. The molecule has 0 radical (unpaired) electrons. The van der Waals surface area contributed by atoms with Gasteiger partial charge in [-0.3, -0.25) is 14.4 Å². The maximum Gasteiger partial charge on any atom is 0.254 e. The number of benzene rings is 1. The summed E-state index contributed by atoms with van der Waals surface area (Å²) in [4.78, 5) is 18.0. The topological polar surface area (TPSA) is 59.8 Å². The average Bonchev–Trinajstić information content (AvgIpc) is 3.31. The van der Waals surface area contributed by atoms with Gasteiger partial charge in [-0.15, -0.1) is 0 Å². The van der Waals surface area contributed by atoms with Crippen LogP contribution < -0.4 is 4.74 Å². The predicted molar refractivity (Wildman–Crippen MR) is 115 cm³/mol. The van der Waals surface area contributed by atoms with Crippen molar-refractivity contribution in [2.75, 3.05) is 46.5 Å². The summed E-state index contributed by atoms with van der Waals surface area (Å²) in [6.07, 6.45) is 8.07. The third kappa shape index (κ3) is 5.02. The molecule has 1 amide bonds. The van der Waals surface area contributed by atoms with E-state index in [9.17, 15) is 4.79 Å². The maximum absolute atomic E-state index is 13.4. The van der Waals surface area contributed by atoms with Gasteiger partial charge in [0.1, 0.15) is 5.75 Å². The van der Waals surface area contributed by atoms with E-state index in [-0.39, 0.29) is 5.91 Å². The largest absolute Gasteiger partial charge is 0.496 e. The number of ether oxygens (including phenoxy) is 2. The van der Waals surface area contributed by atoms with Crippen LogP contribution in [0.4, 0.5) is 0 Å². The Morgan fingerprint density at radius 1 is 1.23 bits per heavy atom. The minimum Gasteiger partial charge on any atom is -0.496 e. The van der Waals surface area contributed by atoms with Crippen molar-refractivity contribution in [3.05, 3.63) is 47.8 Å². The van der Waals surface area contributed by atoms with Gasteiger partial charge < -0.3 is 14.4 Å². The molecule has 0 spiro atoms. The lowest BCUT2D eigenvalue weighted by atomic mass is 9.97. The van der Waals surface area contributed by atoms with Gasteiger partial charge in [-0.05, 0) is 49.9 Å². The van der Waals surface area contributed by atoms with Crippen molar-refractivity contribution in [1.82, 2.24) is 19.6 Å². The molecular weight excluding hydrogens is 380 g/mol. The van der Waals surface area contributed by atoms with E-state index >= 15 is 0 Å². The summed E-state index contributed by atoms with van der Waals surface area (Å²) in [5.74, 6) is 0.913. The molecule has 1 unspecified atom stereocenters. The fourth-order valence-corrected chi connectivity index (χ4v) is 4.49. The molecule has 30 heavy (non-hydrogen) atoms. The van der Waals surface area contributed by atoms with E-state index in [1.165, 1.54) is 6.42 Å². The number of morpholine rings is 1. The van der Waals surface area contributed by atoms with E-state index in [4.69, 9.17) is 9.47 Å². The van der Waals surface area contributed by atoms with Gasteiger partial charge in [0, 0.05) is 55.7 Å². The molecule has 2 aromatic rings. The number of likely N-dealkylation sites (tertiary alicyclic amines) is 1. The zero-order valence-electron chi connectivity index (χ0n) is 17.8. The van der Waals surface area contributed by atoms with E-state index < -0.39 is 0 Å². The van der Waals surface area contributed by atoms with Crippen molar-refractivity contribution < 1.29 is 14.3 Å². The molecule has 0 bridgehead atoms. The Bertz CT molecular complexity index is 818. The predicted octanol–water partition coefficient (Wildman–Crippen LogP) is 2.66. The van der Waals surface area contributed by atoms with Crippen LogP contribution in [0.3, 0.4) is 0 Å². The first-order valence-electron chi connectivity index (χ1n) is 11.0. The fourth-order valence-electron chi connectivity index (χ4n) is 4.49. The standard InChI is InChI=1S/C23H32N4O3/c1-29-22-7-6-19(17-20(22)18-26-10-4-9-24-26)23(28)27-11-3-2-5-21(27)8-12-25-13-15-30-16-14-25/h4,6-7,9-10,17,21H,2-3,5,8,11-16,18H2,1H3. The van der Waals surface area contributed by atoms with Crippen LogP contribution in [-0.2, 0) is 11.3 Å². The Labute approximate surface area is 178 Å². The van der Waals surface area contributed by atoms with Gasteiger partial charge in [0.15, 0.2) is 0 Å². The summed E-state index contributed by atoms with van der Waals surface area (Å²) < 4.78 is 12.8. The molecule has 0 aliphatic carbocycles. The fraction of sp³-hybridized carbons (Fsp3) is 0.565. The Balaban J connectivity index is 1.46. The third-order valence-electron chi connectivity index (χ3n) is 6.19. The lowest BCUT2D eigenvalue weighted by molar-refractivity contribution is 0.0295. The minimum absolute atomic E-state index is 0.131. The number of methoxy groups -OCH3 is 1. The lowest BCUT2D eigenvalue weighted by Crippen LogP contribution is -2.46. The van der Waals surface area contributed by atoms with Crippen molar-refractivity contribution >= 4 is 5.91 Å². The summed E-state index contributed by atoms with van der Waals surface area (Å²) in [7, 11) is 1.66. The molecule has 4 rings (SSSR count). The molecule has 1 atom stereocenters. The van der Waals surface area contributed by atoms with E-state index in [1.807, 2.05) is 35.1 Å². The van der Waals surface area contributed by atoms with Crippen LogP contribution in [0.2, 0.25) is 0 Å². The normalized spacial score (nSPS) is 20.3. The molecule has 1 aromatic carbocycles. The van der Waals surface area contributed by atoms with Crippen molar-refractivity contribution in [3.8, 4) is 5.75 Å². The van der Waals surface area contributed by atoms with Crippen LogP contribution in [0, 0.1) is 0 Å². The second-order valence-corrected chi connectivity index (χ2v) is 8.12. The number of hydrogen-bond donors (Lipinski definition) is 0. The first-order valence-corrected chi connectivity index (χ1v) is 11.0. The number of rotatable bonds is 7. The average molecular weight is 413 g/mol. The molecule has 162 valence electrons. The first-order chi connectivity index (χ1) is 14.7. The van der Waals surface area contributed by atoms with Crippen molar-refractivity contribution in [2.24, 2.45) is 0 Å². The SMILES string of the molecule is COc1ccc(C(=O)N2CCCCC2CCN2CCOCC2)cc1Cn1cccn1. The van der Waals surface area contributed by atoms with Gasteiger partial charge in [-0.25, -0.2) is 0 Å².